The van der Waals surface area contributed by atoms with Gasteiger partial charge in [0.25, 0.3) is 0 Å². The molecule has 1 aromatic rings. The van der Waals surface area contributed by atoms with Gasteiger partial charge in [0.15, 0.2) is 0 Å². The van der Waals surface area contributed by atoms with E-state index in [4.69, 9.17) is 10.2 Å². The Morgan fingerprint density at radius 2 is 2.07 bits per heavy atom. The molecule has 0 unspecified atom stereocenters. The van der Waals surface area contributed by atoms with Crippen molar-refractivity contribution >= 4 is 5.97 Å². The predicted octanol–water partition coefficient (Wildman–Crippen LogP) is 0.658. The van der Waals surface area contributed by atoms with Crippen LogP contribution < -0.4 is 4.84 Å². The minimum atomic E-state index is -0.828. The summed E-state index contributed by atoms with van der Waals surface area (Å²) in [5.41, 5.74) is 0. The van der Waals surface area contributed by atoms with E-state index < -0.39 is 5.97 Å². The predicted molar refractivity (Wildman–Crippen MR) is 52.0 cm³/mol. The van der Waals surface area contributed by atoms with E-state index in [2.05, 4.69) is 16.7 Å². The maximum Gasteiger partial charge on any atom is 0.409 e. The second-order valence-corrected chi connectivity index (χ2v) is 2.77. The summed E-state index contributed by atoms with van der Waals surface area (Å²) in [5.74, 6) is 3.25. The van der Waals surface area contributed by atoms with Crippen molar-refractivity contribution in [3.05, 3.63) is 12.1 Å². The number of unbranched alkanes of at least 4 members (excludes halogenated alkanes) is 1. The number of aromatic hydroxyl groups is 2. The summed E-state index contributed by atoms with van der Waals surface area (Å²) < 4.78 is 0.600. The van der Waals surface area contributed by atoms with E-state index in [9.17, 15) is 4.79 Å². The molecule has 2 N–H and O–H groups in total. The molecule has 1 heterocycles. The molecular weight excluding hydrogens is 198 g/mol. The Kier molecular flexibility index (Phi) is 3.63. The summed E-state index contributed by atoms with van der Waals surface area (Å²) >= 11 is 0. The number of aromatic nitrogens is 1. The highest BCUT2D eigenvalue weighted by atomic mass is 16.7. The van der Waals surface area contributed by atoms with Gasteiger partial charge in [0, 0.05) is 24.5 Å². The molecule has 0 amide bonds. The highest BCUT2D eigenvalue weighted by Crippen LogP contribution is 2.18. The lowest BCUT2D eigenvalue weighted by Crippen LogP contribution is -2.16. The fraction of sp³-hybridized carbons (Fsp3) is 0.300. The zero-order chi connectivity index (χ0) is 11.3. The third-order valence-corrected chi connectivity index (χ3v) is 1.54. The molecule has 1 rings (SSSR count). The Labute approximate surface area is 86.9 Å². The van der Waals surface area contributed by atoms with Gasteiger partial charge in [0.05, 0.1) is 0 Å². The summed E-state index contributed by atoms with van der Waals surface area (Å²) in [6.45, 7) is 1.93. The molecule has 0 aliphatic heterocycles. The first-order valence-electron chi connectivity index (χ1n) is 4.46. The van der Waals surface area contributed by atoms with Gasteiger partial charge in [-0.2, -0.15) is 0 Å². The van der Waals surface area contributed by atoms with Gasteiger partial charge in [-0.25, -0.2) is 4.79 Å². The topological polar surface area (TPSA) is 71.7 Å². The van der Waals surface area contributed by atoms with E-state index in [-0.39, 0.29) is 11.8 Å². The summed E-state index contributed by atoms with van der Waals surface area (Å²) in [4.78, 5) is 15.6. The van der Waals surface area contributed by atoms with Crippen LogP contribution in [0.5, 0.6) is 11.8 Å². The number of hydrogen-bond donors (Lipinski definition) is 2. The molecular formula is C10H11NO4. The second-order valence-electron chi connectivity index (χ2n) is 2.77. The SMILES string of the molecule is CCCC#CC(=O)On1c(O)ccc1O. The van der Waals surface area contributed by atoms with Crippen molar-refractivity contribution in [2.75, 3.05) is 0 Å². The van der Waals surface area contributed by atoms with Crippen molar-refractivity contribution in [2.45, 2.75) is 19.8 Å². The minimum absolute atomic E-state index is 0.363. The molecule has 5 heteroatoms. The molecule has 0 saturated heterocycles. The van der Waals surface area contributed by atoms with Crippen molar-refractivity contribution < 1.29 is 19.8 Å². The molecule has 0 aromatic carbocycles. The minimum Gasteiger partial charge on any atom is -0.492 e. The highest BCUT2D eigenvalue weighted by Gasteiger charge is 2.09. The third-order valence-electron chi connectivity index (χ3n) is 1.54. The largest absolute Gasteiger partial charge is 0.492 e. The van der Waals surface area contributed by atoms with Gasteiger partial charge in [-0.05, 0) is 6.42 Å². The Morgan fingerprint density at radius 3 is 2.60 bits per heavy atom. The zero-order valence-electron chi connectivity index (χ0n) is 8.23. The maximum atomic E-state index is 11.1. The first kappa shape index (κ1) is 11.0. The van der Waals surface area contributed by atoms with Gasteiger partial charge in [0.1, 0.15) is 0 Å². The van der Waals surface area contributed by atoms with Crippen LogP contribution in [-0.4, -0.2) is 20.9 Å². The van der Waals surface area contributed by atoms with E-state index >= 15 is 0 Å². The summed E-state index contributed by atoms with van der Waals surface area (Å²) in [7, 11) is 0. The molecule has 0 aliphatic rings. The maximum absolute atomic E-state index is 11.1. The van der Waals surface area contributed by atoms with Crippen LogP contribution in [0.4, 0.5) is 0 Å². The average molecular weight is 209 g/mol. The first-order chi connectivity index (χ1) is 7.15. The third kappa shape index (κ3) is 2.95. The fourth-order valence-electron chi connectivity index (χ4n) is 0.861. The van der Waals surface area contributed by atoms with Gasteiger partial charge < -0.3 is 15.1 Å². The van der Waals surface area contributed by atoms with Crippen molar-refractivity contribution in [1.29, 1.82) is 0 Å². The molecule has 0 bridgehead atoms. The summed E-state index contributed by atoms with van der Waals surface area (Å²) in [6.07, 6.45) is 1.44. The van der Waals surface area contributed by atoms with Crippen LogP contribution in [0.2, 0.25) is 0 Å². The Hall–Kier alpha value is -2.09. The smallest absolute Gasteiger partial charge is 0.409 e. The van der Waals surface area contributed by atoms with Crippen LogP contribution in [0.25, 0.3) is 0 Å². The van der Waals surface area contributed by atoms with E-state index in [0.717, 1.165) is 6.42 Å². The van der Waals surface area contributed by atoms with Crippen molar-refractivity contribution in [3.63, 3.8) is 0 Å². The lowest BCUT2D eigenvalue weighted by atomic mass is 10.3. The van der Waals surface area contributed by atoms with Gasteiger partial charge in [-0.3, -0.25) is 0 Å². The van der Waals surface area contributed by atoms with Crippen molar-refractivity contribution in [1.82, 2.24) is 4.73 Å². The summed E-state index contributed by atoms with van der Waals surface area (Å²) in [6, 6.07) is 2.39. The Balaban J connectivity index is 2.64. The Bertz CT molecular complexity index is 391. The van der Waals surface area contributed by atoms with Crippen LogP contribution >= 0.6 is 0 Å². The monoisotopic (exact) mass is 209 g/mol. The molecule has 0 fully saturated rings. The number of carbonyl (C=O) groups is 1. The molecule has 1 aromatic heterocycles. The van der Waals surface area contributed by atoms with E-state index in [1.54, 1.807) is 0 Å². The van der Waals surface area contributed by atoms with E-state index in [1.807, 2.05) is 6.92 Å². The lowest BCUT2D eigenvalue weighted by molar-refractivity contribution is -0.138. The molecule has 0 saturated carbocycles. The molecule has 0 aliphatic carbocycles. The van der Waals surface area contributed by atoms with Gasteiger partial charge >= 0.3 is 5.97 Å². The second kappa shape index (κ2) is 4.96. The molecule has 80 valence electrons. The molecule has 15 heavy (non-hydrogen) atoms. The highest BCUT2D eigenvalue weighted by molar-refractivity contribution is 5.88. The standard InChI is InChI=1S/C10H11NO4/c1-2-3-4-5-10(14)15-11-8(12)6-7-9(11)13/h6-7,12-13H,2-3H2,1H3. The molecule has 0 radical (unpaired) electrons. The fourth-order valence-corrected chi connectivity index (χ4v) is 0.861. The number of rotatable bonds is 2. The average Bonchev–Trinajstić information content (AvgIpc) is 2.50. The number of carbonyl (C=O) groups excluding carboxylic acids is 1. The molecule has 0 atom stereocenters. The van der Waals surface area contributed by atoms with Crippen LogP contribution in [0, 0.1) is 11.8 Å². The van der Waals surface area contributed by atoms with Gasteiger partial charge in [0.2, 0.25) is 11.8 Å². The Morgan fingerprint density at radius 1 is 1.47 bits per heavy atom. The van der Waals surface area contributed by atoms with Crippen LogP contribution in [-0.2, 0) is 4.79 Å². The number of nitrogens with zero attached hydrogens (tertiary/aromatic N) is 1. The van der Waals surface area contributed by atoms with Gasteiger partial charge in [-0.1, -0.05) is 12.8 Å². The normalized spacial score (nSPS) is 9.13. The molecule has 0 spiro atoms. The number of hydrogen-bond acceptors (Lipinski definition) is 4. The van der Waals surface area contributed by atoms with Crippen LogP contribution in [0.1, 0.15) is 19.8 Å². The van der Waals surface area contributed by atoms with E-state index in [0.29, 0.717) is 11.2 Å². The van der Waals surface area contributed by atoms with Gasteiger partial charge in [-0.15, -0.1) is 4.73 Å². The van der Waals surface area contributed by atoms with E-state index in [1.165, 1.54) is 12.1 Å². The van der Waals surface area contributed by atoms with Crippen LogP contribution in [0.15, 0.2) is 12.1 Å². The zero-order valence-corrected chi connectivity index (χ0v) is 8.23. The van der Waals surface area contributed by atoms with Crippen molar-refractivity contribution in [3.8, 4) is 23.6 Å². The lowest BCUT2D eigenvalue weighted by Gasteiger charge is -2.02. The first-order valence-corrected chi connectivity index (χ1v) is 4.46. The quantitative estimate of drug-likeness (QED) is 0.702. The molecule has 5 nitrogen and oxygen atoms in total. The van der Waals surface area contributed by atoms with Crippen molar-refractivity contribution in [2.24, 2.45) is 0 Å². The van der Waals surface area contributed by atoms with Crippen LogP contribution in [0.3, 0.4) is 0 Å². The summed E-state index contributed by atoms with van der Waals surface area (Å²) in [5, 5.41) is 18.3.